The van der Waals surface area contributed by atoms with Gasteiger partial charge < -0.3 is 34.8 Å². The Labute approximate surface area is 263 Å². The lowest BCUT2D eigenvalue weighted by atomic mass is 10.0. The van der Waals surface area contributed by atoms with Gasteiger partial charge in [-0.25, -0.2) is 9.59 Å². The highest BCUT2D eigenvalue weighted by atomic mass is 32.2. The largest absolute Gasteiger partial charge is 0.462 e. The Morgan fingerprint density at radius 3 is 2.41 bits per heavy atom. The second-order valence-corrected chi connectivity index (χ2v) is 11.4. The minimum absolute atomic E-state index is 0.00900. The predicted octanol–water partition coefficient (Wildman–Crippen LogP) is 0.154. The number of rotatable bonds is 15. The summed E-state index contributed by atoms with van der Waals surface area (Å²) >= 11 is 3.34. The van der Waals surface area contributed by atoms with E-state index in [1.165, 1.54) is 35.3 Å². The van der Waals surface area contributed by atoms with Gasteiger partial charge in [0, 0.05) is 42.0 Å². The summed E-state index contributed by atoms with van der Waals surface area (Å²) in [5.41, 5.74) is 5.16. The number of nitrogen functional groups attached to an aromatic ring is 1. The Bertz CT molecular complexity index is 1350. The van der Waals surface area contributed by atoms with Crippen LogP contribution in [-0.2, 0) is 52.6 Å². The SMILES string of the molecule is CCC(=O)OCCOC(=O)CON=C(C(=O)NC1C(=O)N2C(C(=O)OC(C)OC(=O)CC)=C(SC)CS[C@@H]12)c1nsc(N)n1. The molecule has 44 heavy (non-hydrogen) atoms. The molecule has 20 heteroatoms. The fourth-order valence-electron chi connectivity index (χ4n) is 3.57. The fourth-order valence-corrected chi connectivity index (χ4v) is 6.24. The van der Waals surface area contributed by atoms with Gasteiger partial charge in [-0.3, -0.25) is 24.1 Å². The number of carbonyl (C=O) groups is 6. The van der Waals surface area contributed by atoms with Gasteiger partial charge in [0.05, 0.1) is 0 Å². The summed E-state index contributed by atoms with van der Waals surface area (Å²) in [5.74, 6) is -4.12. The Kier molecular flexibility index (Phi) is 12.8. The zero-order valence-electron chi connectivity index (χ0n) is 24.1. The van der Waals surface area contributed by atoms with Crippen molar-refractivity contribution in [3.63, 3.8) is 0 Å². The van der Waals surface area contributed by atoms with Gasteiger partial charge in [0.15, 0.2) is 5.13 Å². The molecule has 0 bridgehead atoms. The monoisotopic (exact) mass is 674 g/mol. The topological polar surface area (TPSA) is 228 Å². The number of thioether (sulfide) groups is 2. The minimum Gasteiger partial charge on any atom is -0.462 e. The summed E-state index contributed by atoms with van der Waals surface area (Å²) in [6, 6.07) is -1.08. The summed E-state index contributed by atoms with van der Waals surface area (Å²) in [6.07, 6.45) is 0.820. The van der Waals surface area contributed by atoms with Crippen LogP contribution in [0.2, 0.25) is 0 Å². The highest BCUT2D eigenvalue weighted by Crippen LogP contribution is 2.43. The van der Waals surface area contributed by atoms with E-state index in [0.717, 1.165) is 11.5 Å². The van der Waals surface area contributed by atoms with Crippen molar-refractivity contribution in [1.29, 1.82) is 0 Å². The average Bonchev–Trinajstić information content (AvgIpc) is 3.44. The zero-order chi connectivity index (χ0) is 32.4. The number of carbonyl (C=O) groups excluding carboxylic acids is 6. The van der Waals surface area contributed by atoms with Crippen LogP contribution in [0, 0.1) is 0 Å². The van der Waals surface area contributed by atoms with Crippen molar-refractivity contribution in [2.24, 2.45) is 5.16 Å². The van der Waals surface area contributed by atoms with Crippen molar-refractivity contribution in [2.45, 2.75) is 51.3 Å². The van der Waals surface area contributed by atoms with Crippen molar-refractivity contribution < 1.29 is 52.6 Å². The van der Waals surface area contributed by atoms with E-state index in [2.05, 4.69) is 19.8 Å². The standard InChI is InChI=1S/C24H30N6O11S3/c1-5-13(31)37-7-8-38-15(33)9-39-28-16(19-27-24(25)44-29-19)20(34)26-17-21(35)30-18(12(42-4)10-43-22(17)30)23(36)41-11(3)40-14(32)6-2/h11,17,22H,5-10H2,1-4H3,(H,26,34)(H2,25,27,29)/t11?,17?,22-/m0/s1. The fraction of sp³-hybridized carbons (Fsp3) is 0.542. The number of fused-ring (bicyclic) bond motifs is 1. The molecule has 2 aliphatic rings. The van der Waals surface area contributed by atoms with E-state index in [0.29, 0.717) is 10.7 Å². The molecule has 2 unspecified atom stereocenters. The van der Waals surface area contributed by atoms with Crippen LogP contribution < -0.4 is 11.1 Å². The molecule has 0 aromatic carbocycles. The molecule has 0 spiro atoms. The van der Waals surface area contributed by atoms with Crippen molar-refractivity contribution in [2.75, 3.05) is 37.6 Å². The lowest BCUT2D eigenvalue weighted by Crippen LogP contribution is -2.71. The number of hydrogen-bond donors (Lipinski definition) is 2. The predicted molar refractivity (Wildman–Crippen MR) is 157 cm³/mol. The summed E-state index contributed by atoms with van der Waals surface area (Å²) in [5, 5.41) is 5.56. The maximum Gasteiger partial charge on any atom is 0.359 e. The maximum atomic E-state index is 13.2. The second-order valence-electron chi connectivity index (χ2n) is 8.62. The van der Waals surface area contributed by atoms with E-state index in [-0.39, 0.29) is 42.7 Å². The van der Waals surface area contributed by atoms with Crippen LogP contribution >= 0.6 is 35.1 Å². The summed E-state index contributed by atoms with van der Waals surface area (Å²) in [4.78, 5) is 84.7. The van der Waals surface area contributed by atoms with Gasteiger partial charge in [0.2, 0.25) is 24.4 Å². The van der Waals surface area contributed by atoms with Gasteiger partial charge >= 0.3 is 23.9 Å². The quantitative estimate of drug-likeness (QED) is 0.0480. The normalized spacial score (nSPS) is 18.4. The Morgan fingerprint density at radius 1 is 1.11 bits per heavy atom. The van der Waals surface area contributed by atoms with Crippen LogP contribution in [0.25, 0.3) is 0 Å². The number of nitrogens with two attached hydrogens (primary N) is 1. The average molecular weight is 675 g/mol. The van der Waals surface area contributed by atoms with Crippen molar-refractivity contribution >= 4 is 81.6 Å². The number of hydrogen-bond acceptors (Lipinski definition) is 18. The lowest BCUT2D eigenvalue weighted by Gasteiger charge is -2.49. The Hall–Kier alpha value is -3.91. The molecule has 1 aromatic rings. The van der Waals surface area contributed by atoms with E-state index in [1.807, 2.05) is 0 Å². The summed E-state index contributed by atoms with van der Waals surface area (Å²) in [6.45, 7) is 3.54. The summed E-state index contributed by atoms with van der Waals surface area (Å²) < 4.78 is 23.9. The molecular weight excluding hydrogens is 644 g/mol. The first-order valence-corrected chi connectivity index (χ1v) is 16.1. The third-order valence-electron chi connectivity index (χ3n) is 5.62. The molecule has 1 aromatic heterocycles. The number of amides is 2. The molecule has 240 valence electrons. The second kappa shape index (κ2) is 16.2. The highest BCUT2D eigenvalue weighted by Gasteiger charge is 2.55. The van der Waals surface area contributed by atoms with E-state index < -0.39 is 65.7 Å². The van der Waals surface area contributed by atoms with Gasteiger partial charge in [-0.1, -0.05) is 19.0 Å². The highest BCUT2D eigenvalue weighted by molar-refractivity contribution is 8.05. The molecule has 3 N–H and O–H groups in total. The minimum atomic E-state index is -1.18. The van der Waals surface area contributed by atoms with E-state index in [4.69, 9.17) is 29.5 Å². The Balaban J connectivity index is 1.66. The maximum absolute atomic E-state index is 13.2. The number of esters is 4. The molecule has 17 nitrogen and oxygen atoms in total. The molecule has 2 amide bonds. The van der Waals surface area contributed by atoms with Crippen molar-refractivity contribution in [3.8, 4) is 0 Å². The molecule has 3 heterocycles. The van der Waals surface area contributed by atoms with Crippen LogP contribution in [0.4, 0.5) is 5.13 Å². The first-order chi connectivity index (χ1) is 21.0. The van der Waals surface area contributed by atoms with E-state index in [9.17, 15) is 28.8 Å². The number of oxime groups is 1. The van der Waals surface area contributed by atoms with Gasteiger partial charge in [0.25, 0.3) is 11.8 Å². The first kappa shape index (κ1) is 34.6. The Morgan fingerprint density at radius 2 is 1.80 bits per heavy atom. The third kappa shape index (κ3) is 8.82. The van der Waals surface area contributed by atoms with E-state index >= 15 is 0 Å². The molecular formula is C24H30N6O11S3. The third-order valence-corrected chi connectivity index (χ3v) is 8.46. The number of ether oxygens (including phenoxy) is 4. The van der Waals surface area contributed by atoms with Crippen molar-refractivity contribution in [3.05, 3.63) is 16.4 Å². The van der Waals surface area contributed by atoms with Crippen molar-refractivity contribution in [1.82, 2.24) is 19.6 Å². The van der Waals surface area contributed by atoms with Crippen LogP contribution in [0.3, 0.4) is 0 Å². The molecule has 3 atom stereocenters. The lowest BCUT2D eigenvalue weighted by molar-refractivity contribution is -0.184. The number of anilines is 1. The van der Waals surface area contributed by atoms with Gasteiger partial charge in [-0.15, -0.1) is 23.5 Å². The number of aromatic nitrogens is 2. The molecule has 2 aliphatic heterocycles. The van der Waals surface area contributed by atoms with Crippen LogP contribution in [0.5, 0.6) is 0 Å². The molecule has 1 saturated heterocycles. The first-order valence-electron chi connectivity index (χ1n) is 13.0. The molecule has 0 aliphatic carbocycles. The van der Waals surface area contributed by atoms with Crippen LogP contribution in [0.15, 0.2) is 15.8 Å². The van der Waals surface area contributed by atoms with E-state index in [1.54, 1.807) is 20.1 Å². The molecule has 0 radical (unpaired) electrons. The molecule has 3 rings (SSSR count). The zero-order valence-corrected chi connectivity index (χ0v) is 26.5. The van der Waals surface area contributed by atoms with Gasteiger partial charge in [0.1, 0.15) is 30.3 Å². The summed E-state index contributed by atoms with van der Waals surface area (Å²) in [7, 11) is 0. The number of β-lactam (4-membered cyclic amide) rings is 1. The smallest absolute Gasteiger partial charge is 0.359 e. The van der Waals surface area contributed by atoms with Crippen LogP contribution in [-0.4, -0.2) is 105 Å². The van der Waals surface area contributed by atoms with Crippen LogP contribution in [0.1, 0.15) is 39.4 Å². The van der Waals surface area contributed by atoms with Gasteiger partial charge in [-0.2, -0.15) is 9.36 Å². The molecule has 1 fully saturated rings. The number of nitrogens with zero attached hydrogens (tertiary/aromatic N) is 4. The molecule has 0 saturated carbocycles. The number of nitrogens with one attached hydrogen (secondary N) is 1. The van der Waals surface area contributed by atoms with Gasteiger partial charge in [-0.05, 0) is 6.26 Å².